The van der Waals surface area contributed by atoms with Crippen molar-refractivity contribution >= 4 is 34.7 Å². The molecule has 0 spiro atoms. The smallest absolute Gasteiger partial charge is 0.231 e. The normalized spacial score (nSPS) is 11.7. The number of nitrogens with zero attached hydrogens (tertiary/aromatic N) is 2. The van der Waals surface area contributed by atoms with Crippen LogP contribution >= 0.6 is 0 Å². The summed E-state index contributed by atoms with van der Waals surface area (Å²) in [5, 5.41) is 9.45. The van der Waals surface area contributed by atoms with Crippen molar-refractivity contribution in [2.45, 2.75) is 20.3 Å². The minimum absolute atomic E-state index is 0.113. The Bertz CT molecular complexity index is 1350. The minimum Gasteiger partial charge on any atom is -0.454 e. The van der Waals surface area contributed by atoms with Crippen LogP contribution in [-0.2, 0) is 11.2 Å². The summed E-state index contributed by atoms with van der Waals surface area (Å²) in [7, 11) is 0. The molecule has 3 aromatic carbocycles. The van der Waals surface area contributed by atoms with Gasteiger partial charge in [-0.1, -0.05) is 23.8 Å². The molecule has 8 heteroatoms. The zero-order valence-corrected chi connectivity index (χ0v) is 19.5. The van der Waals surface area contributed by atoms with Crippen molar-refractivity contribution in [1.82, 2.24) is 9.97 Å². The summed E-state index contributed by atoms with van der Waals surface area (Å²) >= 11 is 0. The highest BCUT2D eigenvalue weighted by Gasteiger charge is 2.14. The van der Waals surface area contributed by atoms with Gasteiger partial charge < -0.3 is 25.4 Å². The van der Waals surface area contributed by atoms with Crippen molar-refractivity contribution in [3.63, 3.8) is 0 Å². The SMILES string of the molecule is Cc1ccc(Nc2cc(C)nc(Nc3ccc(NC(=O)Cc4ccc5c(c4)OCO5)cc3)n2)cc1. The zero-order chi connectivity index (χ0) is 24.2. The minimum atomic E-state index is -0.113. The second-order valence-electron chi connectivity index (χ2n) is 8.32. The molecular formula is C27H25N5O3. The second kappa shape index (κ2) is 9.72. The van der Waals surface area contributed by atoms with Gasteiger partial charge in [-0.15, -0.1) is 0 Å². The highest BCUT2D eigenvalue weighted by atomic mass is 16.7. The van der Waals surface area contributed by atoms with Crippen LogP contribution in [0.15, 0.2) is 72.8 Å². The number of aromatic nitrogens is 2. The fourth-order valence-electron chi connectivity index (χ4n) is 3.68. The molecule has 1 aliphatic rings. The van der Waals surface area contributed by atoms with Gasteiger partial charge in [0.1, 0.15) is 5.82 Å². The highest BCUT2D eigenvalue weighted by molar-refractivity contribution is 5.92. The Labute approximate surface area is 203 Å². The molecule has 0 bridgehead atoms. The van der Waals surface area contributed by atoms with Crippen LogP contribution in [0.1, 0.15) is 16.8 Å². The molecule has 0 fully saturated rings. The maximum absolute atomic E-state index is 12.5. The van der Waals surface area contributed by atoms with Gasteiger partial charge in [-0.05, 0) is 67.9 Å². The van der Waals surface area contributed by atoms with Crippen LogP contribution in [0.3, 0.4) is 0 Å². The zero-order valence-electron chi connectivity index (χ0n) is 19.5. The van der Waals surface area contributed by atoms with E-state index in [-0.39, 0.29) is 19.1 Å². The number of aryl methyl sites for hydroxylation is 2. The summed E-state index contributed by atoms with van der Waals surface area (Å²) in [6.45, 7) is 4.19. The molecule has 4 aromatic rings. The standard InChI is InChI=1S/C27H25N5O3/c1-17-3-6-20(7-4-17)29-25-13-18(2)28-27(32-25)31-22-10-8-21(9-11-22)30-26(33)15-19-5-12-23-24(14-19)35-16-34-23/h3-14H,15-16H2,1-2H3,(H,30,33)(H2,28,29,31,32). The van der Waals surface area contributed by atoms with E-state index in [0.29, 0.717) is 29.0 Å². The number of rotatable bonds is 7. The van der Waals surface area contributed by atoms with Gasteiger partial charge >= 0.3 is 0 Å². The molecule has 1 aliphatic heterocycles. The third-order valence-electron chi connectivity index (χ3n) is 5.40. The summed E-state index contributed by atoms with van der Waals surface area (Å²) in [6, 6.07) is 22.9. The number of carbonyl (C=O) groups is 1. The van der Waals surface area contributed by atoms with Gasteiger partial charge in [0.25, 0.3) is 0 Å². The molecule has 0 radical (unpaired) electrons. The van der Waals surface area contributed by atoms with E-state index in [2.05, 4.69) is 32.8 Å². The molecule has 176 valence electrons. The Kier molecular flexibility index (Phi) is 6.17. The van der Waals surface area contributed by atoms with E-state index in [1.807, 2.05) is 79.7 Å². The van der Waals surface area contributed by atoms with Crippen LogP contribution in [0, 0.1) is 13.8 Å². The third-order valence-corrected chi connectivity index (χ3v) is 5.40. The largest absolute Gasteiger partial charge is 0.454 e. The van der Waals surface area contributed by atoms with E-state index in [9.17, 15) is 4.79 Å². The van der Waals surface area contributed by atoms with Crippen molar-refractivity contribution in [3.05, 3.63) is 89.6 Å². The lowest BCUT2D eigenvalue weighted by Crippen LogP contribution is -2.14. The molecule has 5 rings (SSSR count). The van der Waals surface area contributed by atoms with Crippen LogP contribution < -0.4 is 25.4 Å². The molecule has 2 heterocycles. The average molecular weight is 468 g/mol. The molecule has 0 saturated carbocycles. The number of anilines is 5. The number of hydrogen-bond acceptors (Lipinski definition) is 7. The molecule has 0 unspecified atom stereocenters. The predicted octanol–water partition coefficient (Wildman–Crippen LogP) is 5.49. The van der Waals surface area contributed by atoms with Crippen molar-refractivity contribution in [2.75, 3.05) is 22.7 Å². The lowest BCUT2D eigenvalue weighted by molar-refractivity contribution is -0.115. The number of ether oxygens (including phenoxy) is 2. The van der Waals surface area contributed by atoms with Crippen LogP contribution in [0.25, 0.3) is 0 Å². The Hall–Kier alpha value is -4.59. The number of amides is 1. The van der Waals surface area contributed by atoms with E-state index in [1.165, 1.54) is 5.56 Å². The van der Waals surface area contributed by atoms with E-state index < -0.39 is 0 Å². The van der Waals surface area contributed by atoms with Crippen LogP contribution in [0.4, 0.5) is 28.8 Å². The number of carbonyl (C=O) groups excluding carboxylic acids is 1. The summed E-state index contributed by atoms with van der Waals surface area (Å²) in [4.78, 5) is 21.5. The van der Waals surface area contributed by atoms with Crippen molar-refractivity contribution in [1.29, 1.82) is 0 Å². The van der Waals surface area contributed by atoms with Gasteiger partial charge in [0, 0.05) is 28.8 Å². The van der Waals surface area contributed by atoms with Crippen molar-refractivity contribution < 1.29 is 14.3 Å². The number of benzene rings is 3. The number of hydrogen-bond donors (Lipinski definition) is 3. The van der Waals surface area contributed by atoms with E-state index >= 15 is 0 Å². The molecule has 1 aromatic heterocycles. The second-order valence-corrected chi connectivity index (χ2v) is 8.32. The third kappa shape index (κ3) is 5.67. The summed E-state index contributed by atoms with van der Waals surface area (Å²) in [6.07, 6.45) is 0.241. The number of nitrogens with one attached hydrogen (secondary N) is 3. The molecule has 0 aliphatic carbocycles. The first kappa shape index (κ1) is 22.2. The molecule has 0 saturated heterocycles. The Morgan fingerprint density at radius 1 is 0.800 bits per heavy atom. The van der Waals surface area contributed by atoms with Gasteiger partial charge in [0.05, 0.1) is 6.42 Å². The predicted molar refractivity (Wildman–Crippen MR) is 136 cm³/mol. The van der Waals surface area contributed by atoms with Gasteiger partial charge in [-0.2, -0.15) is 4.98 Å². The topological polar surface area (TPSA) is 97.4 Å². The summed E-state index contributed by atoms with van der Waals surface area (Å²) in [5.41, 5.74) is 5.37. The number of fused-ring (bicyclic) bond motifs is 1. The summed E-state index contributed by atoms with van der Waals surface area (Å²) < 4.78 is 10.7. The maximum atomic E-state index is 12.5. The molecule has 3 N–H and O–H groups in total. The van der Waals surface area contributed by atoms with Crippen molar-refractivity contribution in [2.24, 2.45) is 0 Å². The van der Waals surface area contributed by atoms with Crippen LogP contribution in [0.5, 0.6) is 11.5 Å². The first-order chi connectivity index (χ1) is 17.0. The Morgan fingerprint density at radius 2 is 1.49 bits per heavy atom. The van der Waals surface area contributed by atoms with Gasteiger partial charge in [-0.25, -0.2) is 4.98 Å². The lowest BCUT2D eigenvalue weighted by atomic mass is 10.1. The summed E-state index contributed by atoms with van der Waals surface area (Å²) in [5.74, 6) is 2.45. The molecule has 1 amide bonds. The average Bonchev–Trinajstić information content (AvgIpc) is 3.29. The quantitative estimate of drug-likeness (QED) is 0.331. The first-order valence-electron chi connectivity index (χ1n) is 11.2. The molecule has 8 nitrogen and oxygen atoms in total. The van der Waals surface area contributed by atoms with E-state index in [0.717, 1.165) is 22.6 Å². The first-order valence-corrected chi connectivity index (χ1v) is 11.2. The van der Waals surface area contributed by atoms with E-state index in [1.54, 1.807) is 0 Å². The Balaban J connectivity index is 1.20. The fraction of sp³-hybridized carbons (Fsp3) is 0.148. The van der Waals surface area contributed by atoms with Crippen molar-refractivity contribution in [3.8, 4) is 11.5 Å². The van der Waals surface area contributed by atoms with Crippen LogP contribution in [-0.4, -0.2) is 22.7 Å². The van der Waals surface area contributed by atoms with Gasteiger partial charge in [-0.3, -0.25) is 4.79 Å². The molecule has 35 heavy (non-hydrogen) atoms. The molecule has 0 atom stereocenters. The maximum Gasteiger partial charge on any atom is 0.231 e. The fourth-order valence-corrected chi connectivity index (χ4v) is 3.68. The lowest BCUT2D eigenvalue weighted by Gasteiger charge is -2.11. The van der Waals surface area contributed by atoms with Gasteiger partial charge in [0.15, 0.2) is 11.5 Å². The van der Waals surface area contributed by atoms with Gasteiger partial charge in [0.2, 0.25) is 18.6 Å². The molecular weight excluding hydrogens is 442 g/mol. The Morgan fingerprint density at radius 3 is 2.29 bits per heavy atom. The van der Waals surface area contributed by atoms with Crippen LogP contribution in [0.2, 0.25) is 0 Å². The monoisotopic (exact) mass is 467 g/mol. The van der Waals surface area contributed by atoms with E-state index in [4.69, 9.17) is 9.47 Å². The highest BCUT2D eigenvalue weighted by Crippen LogP contribution is 2.32.